The molecule has 0 aliphatic carbocycles. The number of benzene rings is 1. The molecule has 1 unspecified atom stereocenters. The van der Waals surface area contributed by atoms with E-state index in [2.05, 4.69) is 30.4 Å². The molecule has 0 aliphatic heterocycles. The summed E-state index contributed by atoms with van der Waals surface area (Å²) in [5.41, 5.74) is 3.44. The second-order valence-electron chi connectivity index (χ2n) is 4.59. The first kappa shape index (κ1) is 13.0. The molecule has 1 heterocycles. The van der Waals surface area contributed by atoms with Crippen molar-refractivity contribution in [3.63, 3.8) is 0 Å². The first-order valence-corrected chi connectivity index (χ1v) is 6.26. The molecule has 0 saturated heterocycles. The van der Waals surface area contributed by atoms with Crippen LogP contribution in [0.15, 0.2) is 30.3 Å². The number of ether oxygens (including phenoxy) is 1. The van der Waals surface area contributed by atoms with Crippen LogP contribution in [0.25, 0.3) is 10.9 Å². The van der Waals surface area contributed by atoms with Crippen LogP contribution in [0.4, 0.5) is 0 Å². The first-order valence-electron chi connectivity index (χ1n) is 6.26. The lowest BCUT2D eigenvalue weighted by atomic mass is 10.0. The van der Waals surface area contributed by atoms with Crippen molar-refractivity contribution in [3.05, 3.63) is 41.6 Å². The van der Waals surface area contributed by atoms with Gasteiger partial charge in [0.1, 0.15) is 0 Å². The minimum absolute atomic E-state index is 0.308. The second kappa shape index (κ2) is 5.94. The van der Waals surface area contributed by atoms with Crippen LogP contribution >= 0.6 is 0 Å². The number of aryl methyl sites for hydroxylation is 1. The number of fused-ring (bicyclic) bond motifs is 1. The molecule has 2 rings (SSSR count). The van der Waals surface area contributed by atoms with Crippen molar-refractivity contribution in [2.45, 2.75) is 19.4 Å². The molecule has 0 fully saturated rings. The number of hydrogen-bond acceptors (Lipinski definition) is 3. The fourth-order valence-electron chi connectivity index (χ4n) is 2.15. The van der Waals surface area contributed by atoms with Gasteiger partial charge in [0.2, 0.25) is 0 Å². The van der Waals surface area contributed by atoms with Crippen LogP contribution in [0.2, 0.25) is 0 Å². The molecule has 3 heteroatoms. The maximum atomic E-state index is 5.20. The van der Waals surface area contributed by atoms with E-state index in [0.29, 0.717) is 12.6 Å². The van der Waals surface area contributed by atoms with Gasteiger partial charge >= 0.3 is 0 Å². The zero-order chi connectivity index (χ0) is 13.0. The Morgan fingerprint density at radius 1 is 1.33 bits per heavy atom. The topological polar surface area (TPSA) is 34.1 Å². The number of aromatic nitrogens is 1. The lowest BCUT2D eigenvalue weighted by molar-refractivity contribution is 0.169. The van der Waals surface area contributed by atoms with Crippen LogP contribution in [-0.4, -0.2) is 31.8 Å². The van der Waals surface area contributed by atoms with Crippen LogP contribution in [0.3, 0.4) is 0 Å². The van der Waals surface area contributed by atoms with Crippen molar-refractivity contribution in [1.82, 2.24) is 10.3 Å². The fourth-order valence-corrected chi connectivity index (χ4v) is 2.15. The Morgan fingerprint density at radius 2 is 2.11 bits per heavy atom. The van der Waals surface area contributed by atoms with Gasteiger partial charge in [0.15, 0.2) is 0 Å². The lowest BCUT2D eigenvalue weighted by Crippen LogP contribution is -2.32. The van der Waals surface area contributed by atoms with E-state index >= 15 is 0 Å². The summed E-state index contributed by atoms with van der Waals surface area (Å²) in [6.45, 7) is 2.82. The average Bonchev–Trinajstić information content (AvgIpc) is 2.39. The Hall–Kier alpha value is -1.45. The summed E-state index contributed by atoms with van der Waals surface area (Å²) in [5, 5.41) is 4.46. The highest BCUT2D eigenvalue weighted by Gasteiger charge is 2.10. The Bertz CT molecular complexity index is 525. The molecule has 0 saturated carbocycles. The molecule has 96 valence electrons. The largest absolute Gasteiger partial charge is 0.383 e. The predicted octanol–water partition coefficient (Wildman–Crippen LogP) is 2.32. The SMILES string of the molecule is CNC(COC)Cc1nc2ccccc2cc1C. The third-order valence-corrected chi connectivity index (χ3v) is 3.24. The monoisotopic (exact) mass is 244 g/mol. The van der Waals surface area contributed by atoms with E-state index in [4.69, 9.17) is 9.72 Å². The molecule has 1 atom stereocenters. The average molecular weight is 244 g/mol. The molecule has 1 aromatic carbocycles. The molecule has 0 spiro atoms. The number of nitrogens with one attached hydrogen (secondary N) is 1. The molecular weight excluding hydrogens is 224 g/mol. The second-order valence-corrected chi connectivity index (χ2v) is 4.59. The quantitative estimate of drug-likeness (QED) is 0.876. The van der Waals surface area contributed by atoms with Gasteiger partial charge in [-0.1, -0.05) is 18.2 Å². The van der Waals surface area contributed by atoms with Crippen molar-refractivity contribution in [1.29, 1.82) is 0 Å². The molecule has 2 aromatic rings. The highest BCUT2D eigenvalue weighted by Crippen LogP contribution is 2.17. The molecule has 0 aliphatic rings. The summed E-state index contributed by atoms with van der Waals surface area (Å²) < 4.78 is 5.20. The molecule has 3 nitrogen and oxygen atoms in total. The van der Waals surface area contributed by atoms with E-state index in [1.54, 1.807) is 7.11 Å². The van der Waals surface area contributed by atoms with Crippen molar-refractivity contribution < 1.29 is 4.74 Å². The van der Waals surface area contributed by atoms with Gasteiger partial charge < -0.3 is 10.1 Å². The van der Waals surface area contributed by atoms with Crippen LogP contribution in [0.1, 0.15) is 11.3 Å². The lowest BCUT2D eigenvalue weighted by Gasteiger charge is -2.16. The van der Waals surface area contributed by atoms with Gasteiger partial charge in [-0.2, -0.15) is 0 Å². The smallest absolute Gasteiger partial charge is 0.0705 e. The van der Waals surface area contributed by atoms with Crippen molar-refractivity contribution >= 4 is 10.9 Å². The zero-order valence-corrected chi connectivity index (χ0v) is 11.2. The van der Waals surface area contributed by atoms with E-state index in [-0.39, 0.29) is 0 Å². The molecule has 0 amide bonds. The van der Waals surface area contributed by atoms with E-state index in [0.717, 1.165) is 17.6 Å². The number of likely N-dealkylation sites (N-methyl/N-ethyl adjacent to an activating group) is 1. The standard InChI is InChI=1S/C15H20N2O/c1-11-8-12-6-4-5-7-14(12)17-15(11)9-13(16-2)10-18-3/h4-8,13,16H,9-10H2,1-3H3. The third kappa shape index (κ3) is 2.86. The number of hydrogen-bond donors (Lipinski definition) is 1. The van der Waals surface area contributed by atoms with Crippen LogP contribution in [0, 0.1) is 6.92 Å². The molecule has 1 N–H and O–H groups in total. The molecule has 0 bridgehead atoms. The summed E-state index contributed by atoms with van der Waals surface area (Å²) in [5.74, 6) is 0. The van der Waals surface area contributed by atoms with Crippen molar-refractivity contribution in [2.24, 2.45) is 0 Å². The zero-order valence-electron chi connectivity index (χ0n) is 11.2. The minimum Gasteiger partial charge on any atom is -0.383 e. The first-order chi connectivity index (χ1) is 8.74. The summed E-state index contributed by atoms with van der Waals surface area (Å²) in [4.78, 5) is 4.75. The molecule has 0 radical (unpaired) electrons. The Balaban J connectivity index is 2.29. The normalized spacial score (nSPS) is 12.8. The van der Waals surface area contributed by atoms with E-state index < -0.39 is 0 Å². The maximum absolute atomic E-state index is 5.20. The fraction of sp³-hybridized carbons (Fsp3) is 0.400. The van der Waals surface area contributed by atoms with Crippen molar-refractivity contribution in [3.8, 4) is 0 Å². The third-order valence-electron chi connectivity index (χ3n) is 3.24. The molecule has 18 heavy (non-hydrogen) atoms. The van der Waals surface area contributed by atoms with E-state index in [1.165, 1.54) is 10.9 Å². The van der Waals surface area contributed by atoms with Crippen LogP contribution < -0.4 is 5.32 Å². The number of methoxy groups -OCH3 is 1. The maximum Gasteiger partial charge on any atom is 0.0705 e. The van der Waals surface area contributed by atoms with E-state index in [1.807, 2.05) is 19.2 Å². The summed E-state index contributed by atoms with van der Waals surface area (Å²) in [6.07, 6.45) is 0.890. The van der Waals surface area contributed by atoms with Crippen LogP contribution in [0.5, 0.6) is 0 Å². The summed E-state index contributed by atoms with van der Waals surface area (Å²) in [7, 11) is 3.69. The number of nitrogens with zero attached hydrogens (tertiary/aromatic N) is 1. The number of pyridine rings is 1. The highest BCUT2D eigenvalue weighted by atomic mass is 16.5. The van der Waals surface area contributed by atoms with Gasteiger partial charge in [-0.25, -0.2) is 0 Å². The van der Waals surface area contributed by atoms with Gasteiger partial charge in [0.05, 0.1) is 12.1 Å². The van der Waals surface area contributed by atoms with Crippen LogP contribution in [-0.2, 0) is 11.2 Å². The van der Waals surface area contributed by atoms with Gasteiger partial charge in [-0.15, -0.1) is 0 Å². The molecular formula is C15H20N2O. The minimum atomic E-state index is 0.308. The Labute approximate surface area is 108 Å². The Morgan fingerprint density at radius 3 is 2.83 bits per heavy atom. The summed E-state index contributed by atoms with van der Waals surface area (Å²) in [6, 6.07) is 10.7. The number of rotatable bonds is 5. The van der Waals surface area contributed by atoms with Gasteiger partial charge in [-0.05, 0) is 31.7 Å². The van der Waals surface area contributed by atoms with Gasteiger partial charge in [0.25, 0.3) is 0 Å². The van der Waals surface area contributed by atoms with Gasteiger partial charge in [-0.3, -0.25) is 4.98 Å². The highest BCUT2D eigenvalue weighted by molar-refractivity contribution is 5.79. The van der Waals surface area contributed by atoms with Crippen molar-refractivity contribution in [2.75, 3.05) is 20.8 Å². The van der Waals surface area contributed by atoms with E-state index in [9.17, 15) is 0 Å². The number of para-hydroxylation sites is 1. The summed E-state index contributed by atoms with van der Waals surface area (Å²) >= 11 is 0. The predicted molar refractivity (Wildman–Crippen MR) is 74.9 cm³/mol. The molecule has 1 aromatic heterocycles. The Kier molecular flexibility index (Phi) is 4.28. The van der Waals surface area contributed by atoms with Gasteiger partial charge in [0, 0.05) is 30.7 Å².